The Hall–Kier alpha value is -0.870. The summed E-state index contributed by atoms with van der Waals surface area (Å²) in [6.07, 6.45) is 11.6. The predicted molar refractivity (Wildman–Crippen MR) is 143 cm³/mol. The Bertz CT molecular complexity index is 950. The van der Waals surface area contributed by atoms with Crippen LogP contribution in [0, 0.1) is 50.2 Å². The molecule has 1 N–H and O–H groups in total. The van der Waals surface area contributed by atoms with Crippen molar-refractivity contribution >= 4 is 5.97 Å². The number of aliphatic hydroxyl groups excluding tert-OH is 1. The maximum absolute atomic E-state index is 13.4. The van der Waals surface area contributed by atoms with Crippen molar-refractivity contribution in [1.82, 2.24) is 0 Å². The van der Waals surface area contributed by atoms with Crippen LogP contribution in [0.3, 0.4) is 0 Å². The summed E-state index contributed by atoms with van der Waals surface area (Å²) in [6.45, 7) is 17.0. The number of aliphatic hydroxyl groups is 1. The van der Waals surface area contributed by atoms with E-state index in [0.29, 0.717) is 11.8 Å². The van der Waals surface area contributed by atoms with Crippen molar-refractivity contribution in [2.75, 3.05) is 14.2 Å². The average Bonchev–Trinajstić information content (AvgIpc) is 2.81. The summed E-state index contributed by atoms with van der Waals surface area (Å²) < 4.78 is 11.4. The van der Waals surface area contributed by atoms with Crippen LogP contribution in [0.1, 0.15) is 106 Å². The molecule has 4 saturated carbocycles. The van der Waals surface area contributed by atoms with E-state index in [2.05, 4.69) is 54.5 Å². The van der Waals surface area contributed by atoms with Gasteiger partial charge in [-0.3, -0.25) is 4.79 Å². The minimum absolute atomic E-state index is 0.0276. The molecular formula is C32H52O4. The van der Waals surface area contributed by atoms with E-state index >= 15 is 0 Å². The first-order valence-electron chi connectivity index (χ1n) is 14.6. The third-order valence-electron chi connectivity index (χ3n) is 13.5. The van der Waals surface area contributed by atoms with E-state index in [4.69, 9.17) is 9.47 Å². The first-order valence-corrected chi connectivity index (χ1v) is 14.6. The number of fused-ring (bicyclic) bond motifs is 7. The topological polar surface area (TPSA) is 55.8 Å². The molecule has 0 aromatic heterocycles. The molecule has 5 rings (SSSR count). The highest BCUT2D eigenvalue weighted by Crippen LogP contribution is 2.75. The molecule has 9 unspecified atom stereocenters. The fraction of sp³-hybridized carbons (Fsp3) is 0.906. The molecule has 0 saturated heterocycles. The Morgan fingerprint density at radius 2 is 1.58 bits per heavy atom. The van der Waals surface area contributed by atoms with Crippen LogP contribution < -0.4 is 0 Å². The molecule has 0 amide bonds. The van der Waals surface area contributed by atoms with Crippen molar-refractivity contribution in [3.05, 3.63) is 11.6 Å². The van der Waals surface area contributed by atoms with Gasteiger partial charge in [0.1, 0.15) is 0 Å². The summed E-state index contributed by atoms with van der Waals surface area (Å²) in [7, 11) is 3.36. The molecule has 36 heavy (non-hydrogen) atoms. The monoisotopic (exact) mass is 500 g/mol. The van der Waals surface area contributed by atoms with Crippen LogP contribution in [0.15, 0.2) is 11.6 Å². The Morgan fingerprint density at radius 1 is 0.917 bits per heavy atom. The van der Waals surface area contributed by atoms with Gasteiger partial charge in [0.2, 0.25) is 0 Å². The summed E-state index contributed by atoms with van der Waals surface area (Å²) >= 11 is 0. The highest BCUT2D eigenvalue weighted by atomic mass is 16.5. The average molecular weight is 501 g/mol. The summed E-state index contributed by atoms with van der Waals surface area (Å²) in [4.78, 5) is 13.4. The van der Waals surface area contributed by atoms with Crippen molar-refractivity contribution in [3.8, 4) is 0 Å². The second kappa shape index (κ2) is 8.07. The molecule has 4 fully saturated rings. The summed E-state index contributed by atoms with van der Waals surface area (Å²) in [5, 5.41) is 11.2. The van der Waals surface area contributed by atoms with E-state index < -0.39 is 6.10 Å². The van der Waals surface area contributed by atoms with E-state index in [1.807, 2.05) is 0 Å². The van der Waals surface area contributed by atoms with Crippen molar-refractivity contribution in [2.45, 2.75) is 118 Å². The molecule has 0 heterocycles. The SMILES string of the molecule is COC(=O)C12CCC(C)(C)CC1C1=CCC3C4(C)CC(OC)C(O)C(C)(C)C4CCC3(C)C1(C)CC2. The van der Waals surface area contributed by atoms with Crippen molar-refractivity contribution in [3.63, 3.8) is 0 Å². The fourth-order valence-corrected chi connectivity index (χ4v) is 11.1. The van der Waals surface area contributed by atoms with Crippen LogP contribution in [-0.2, 0) is 14.3 Å². The van der Waals surface area contributed by atoms with Crippen LogP contribution in [0.2, 0.25) is 0 Å². The molecule has 0 aromatic rings. The summed E-state index contributed by atoms with van der Waals surface area (Å²) in [5.41, 5.74) is 1.68. The minimum atomic E-state index is -0.421. The van der Waals surface area contributed by atoms with Crippen molar-refractivity contribution < 1.29 is 19.4 Å². The molecule has 5 aliphatic carbocycles. The Labute approximate surface area is 220 Å². The standard InChI is InChI=1S/C32H52O4/c1-27(2)14-16-32(26(34)36-9)17-15-30(6)20(21(32)18-27)10-11-24-29(5)19-22(35-8)25(33)28(3,4)23(29)12-13-31(24,30)7/h10,21-25,33H,11-19H2,1-9H3. The third kappa shape index (κ3) is 3.22. The highest BCUT2D eigenvalue weighted by Gasteiger charge is 2.70. The molecule has 9 atom stereocenters. The van der Waals surface area contributed by atoms with Gasteiger partial charge in [-0.25, -0.2) is 0 Å². The summed E-state index contributed by atoms with van der Waals surface area (Å²) in [6, 6.07) is 0. The van der Waals surface area contributed by atoms with Gasteiger partial charge in [-0.1, -0.05) is 60.1 Å². The van der Waals surface area contributed by atoms with Gasteiger partial charge < -0.3 is 14.6 Å². The zero-order valence-corrected chi connectivity index (χ0v) is 24.5. The van der Waals surface area contributed by atoms with Crippen LogP contribution in [-0.4, -0.2) is 37.5 Å². The zero-order chi connectivity index (χ0) is 26.5. The Balaban J connectivity index is 1.60. The molecular weight excluding hydrogens is 448 g/mol. The molecule has 5 aliphatic rings. The number of ether oxygens (including phenoxy) is 2. The highest BCUT2D eigenvalue weighted by molar-refractivity contribution is 5.78. The lowest BCUT2D eigenvalue weighted by molar-refractivity contribution is -0.236. The molecule has 0 aliphatic heterocycles. The maximum Gasteiger partial charge on any atom is 0.312 e. The van der Waals surface area contributed by atoms with Crippen LogP contribution in [0.25, 0.3) is 0 Å². The number of carbonyl (C=O) groups excluding carboxylic acids is 1. The number of esters is 1. The van der Waals surface area contributed by atoms with Gasteiger partial charge in [0.25, 0.3) is 0 Å². The molecule has 0 radical (unpaired) electrons. The largest absolute Gasteiger partial charge is 0.469 e. The van der Waals surface area contributed by atoms with Crippen molar-refractivity contribution in [1.29, 1.82) is 0 Å². The second-order valence-electron chi connectivity index (χ2n) is 15.6. The number of hydrogen-bond donors (Lipinski definition) is 1. The van der Waals surface area contributed by atoms with Gasteiger partial charge in [-0.2, -0.15) is 0 Å². The smallest absolute Gasteiger partial charge is 0.312 e. The zero-order valence-electron chi connectivity index (χ0n) is 24.5. The van der Waals surface area contributed by atoms with E-state index in [-0.39, 0.29) is 50.5 Å². The van der Waals surface area contributed by atoms with Crippen molar-refractivity contribution in [2.24, 2.45) is 50.2 Å². The number of hydrogen-bond acceptors (Lipinski definition) is 4. The second-order valence-corrected chi connectivity index (χ2v) is 15.6. The predicted octanol–water partition coefficient (Wildman–Crippen LogP) is 6.95. The lowest BCUT2D eigenvalue weighted by Gasteiger charge is -2.71. The lowest BCUT2D eigenvalue weighted by Crippen LogP contribution is -2.67. The first kappa shape index (κ1) is 26.7. The molecule has 4 nitrogen and oxygen atoms in total. The minimum Gasteiger partial charge on any atom is -0.469 e. The van der Waals surface area contributed by atoms with Gasteiger partial charge in [0.15, 0.2) is 0 Å². The van der Waals surface area contributed by atoms with Crippen LogP contribution in [0.5, 0.6) is 0 Å². The Kier molecular flexibility index (Phi) is 5.99. The number of methoxy groups -OCH3 is 2. The first-order chi connectivity index (χ1) is 16.6. The Morgan fingerprint density at radius 3 is 2.22 bits per heavy atom. The molecule has 0 bridgehead atoms. The molecule has 204 valence electrons. The normalized spacial score (nSPS) is 51.1. The van der Waals surface area contributed by atoms with Gasteiger partial charge in [-0.05, 0) is 103 Å². The van der Waals surface area contributed by atoms with E-state index in [0.717, 1.165) is 51.4 Å². The molecule has 0 aromatic carbocycles. The number of carbonyl (C=O) groups is 1. The molecule has 4 heteroatoms. The number of rotatable bonds is 2. The lowest BCUT2D eigenvalue weighted by atomic mass is 9.33. The van der Waals surface area contributed by atoms with Gasteiger partial charge >= 0.3 is 5.97 Å². The fourth-order valence-electron chi connectivity index (χ4n) is 11.1. The third-order valence-corrected chi connectivity index (χ3v) is 13.5. The number of allylic oxidation sites excluding steroid dienone is 2. The quantitative estimate of drug-likeness (QED) is 0.329. The van der Waals surface area contributed by atoms with E-state index in [9.17, 15) is 9.90 Å². The van der Waals surface area contributed by atoms with Gasteiger partial charge in [0, 0.05) is 7.11 Å². The van der Waals surface area contributed by atoms with Gasteiger partial charge in [0.05, 0.1) is 24.7 Å². The van der Waals surface area contributed by atoms with Gasteiger partial charge in [-0.15, -0.1) is 0 Å². The maximum atomic E-state index is 13.4. The van der Waals surface area contributed by atoms with Crippen LogP contribution >= 0.6 is 0 Å². The van der Waals surface area contributed by atoms with E-state index in [1.165, 1.54) is 6.42 Å². The van der Waals surface area contributed by atoms with E-state index in [1.54, 1.807) is 19.8 Å². The summed E-state index contributed by atoms with van der Waals surface area (Å²) in [5.74, 6) is 1.34. The van der Waals surface area contributed by atoms with Crippen LogP contribution in [0.4, 0.5) is 0 Å². The molecule has 0 spiro atoms.